The third kappa shape index (κ3) is 4.95. The predicted molar refractivity (Wildman–Crippen MR) is 132 cm³/mol. The number of thiophene rings is 2. The quantitative estimate of drug-likeness (QED) is 0.263. The first-order valence-electron chi connectivity index (χ1n) is 9.79. The molecule has 1 N–H and O–H groups in total. The molecule has 32 heavy (non-hydrogen) atoms. The van der Waals surface area contributed by atoms with Crippen LogP contribution in [0, 0.1) is 13.8 Å². The van der Waals surface area contributed by atoms with Gasteiger partial charge in [-0.05, 0) is 72.1 Å². The van der Waals surface area contributed by atoms with Gasteiger partial charge in [-0.1, -0.05) is 11.8 Å². The molecule has 0 spiro atoms. The molecule has 4 aromatic rings. The summed E-state index contributed by atoms with van der Waals surface area (Å²) in [7, 11) is 0. The van der Waals surface area contributed by atoms with Gasteiger partial charge in [-0.15, -0.1) is 32.9 Å². The van der Waals surface area contributed by atoms with Gasteiger partial charge in [0.15, 0.2) is 5.78 Å². The Balaban J connectivity index is 1.56. The van der Waals surface area contributed by atoms with Crippen LogP contribution < -0.4 is 5.32 Å². The third-order valence-electron chi connectivity index (χ3n) is 4.68. The molecule has 9 heteroatoms. The van der Waals surface area contributed by atoms with Crippen LogP contribution in [0.4, 0.5) is 5.69 Å². The Hall–Kier alpha value is -2.88. The summed E-state index contributed by atoms with van der Waals surface area (Å²) >= 11 is 4.51. The summed E-state index contributed by atoms with van der Waals surface area (Å²) < 4.78 is 0. The second-order valence-corrected chi connectivity index (χ2v) is 9.90. The minimum absolute atomic E-state index is 0.0417. The second kappa shape index (κ2) is 9.72. The summed E-state index contributed by atoms with van der Waals surface area (Å²) in [6.07, 6.45) is 0. The molecule has 162 valence electrons. The molecule has 3 heterocycles. The van der Waals surface area contributed by atoms with Crippen LogP contribution in [0.25, 0.3) is 21.1 Å². The Bertz CT molecular complexity index is 1280. The Kier molecular flexibility index (Phi) is 6.78. The van der Waals surface area contributed by atoms with Crippen LogP contribution in [-0.4, -0.2) is 32.6 Å². The van der Waals surface area contributed by atoms with Gasteiger partial charge in [0.1, 0.15) is 11.4 Å². The number of hydrogen-bond acceptors (Lipinski definition) is 8. The van der Waals surface area contributed by atoms with E-state index in [4.69, 9.17) is 4.98 Å². The number of hydrogen-bond donors (Lipinski definition) is 1. The molecule has 0 radical (unpaired) electrons. The highest BCUT2D eigenvalue weighted by Gasteiger charge is 2.19. The fourth-order valence-electron chi connectivity index (χ4n) is 3.07. The SMILES string of the molecule is CC(=O)Nc1ccc(C(=O)CSc2nnc(-c3sccc3C)c(-c3sccc3C)n2)cc1. The van der Waals surface area contributed by atoms with E-state index in [0.29, 0.717) is 16.4 Å². The van der Waals surface area contributed by atoms with E-state index in [2.05, 4.69) is 41.5 Å². The van der Waals surface area contributed by atoms with Crippen molar-refractivity contribution in [3.63, 3.8) is 0 Å². The summed E-state index contributed by atoms with van der Waals surface area (Å²) in [5, 5.41) is 16.0. The number of ketones is 1. The van der Waals surface area contributed by atoms with E-state index in [9.17, 15) is 9.59 Å². The highest BCUT2D eigenvalue weighted by molar-refractivity contribution is 7.99. The van der Waals surface area contributed by atoms with E-state index in [1.165, 1.54) is 18.7 Å². The molecule has 0 bridgehead atoms. The van der Waals surface area contributed by atoms with Gasteiger partial charge in [0.25, 0.3) is 0 Å². The normalized spacial score (nSPS) is 10.8. The van der Waals surface area contributed by atoms with Gasteiger partial charge in [-0.2, -0.15) is 0 Å². The average Bonchev–Trinajstić information content (AvgIpc) is 3.40. The number of aryl methyl sites for hydroxylation is 2. The van der Waals surface area contributed by atoms with Gasteiger partial charge in [0, 0.05) is 18.2 Å². The molecule has 4 rings (SSSR count). The van der Waals surface area contributed by atoms with Gasteiger partial charge in [0.05, 0.1) is 15.5 Å². The number of benzene rings is 1. The Morgan fingerprint density at radius 2 is 1.53 bits per heavy atom. The van der Waals surface area contributed by atoms with Crippen molar-refractivity contribution in [1.82, 2.24) is 15.2 Å². The first-order valence-corrected chi connectivity index (χ1v) is 12.5. The molecular formula is C23H20N4O2S3. The van der Waals surface area contributed by atoms with E-state index >= 15 is 0 Å². The molecule has 0 saturated carbocycles. The van der Waals surface area contributed by atoms with Crippen molar-refractivity contribution in [2.75, 3.05) is 11.1 Å². The van der Waals surface area contributed by atoms with E-state index < -0.39 is 0 Å². The van der Waals surface area contributed by atoms with E-state index in [-0.39, 0.29) is 17.4 Å². The van der Waals surface area contributed by atoms with Crippen molar-refractivity contribution in [3.05, 3.63) is 63.8 Å². The van der Waals surface area contributed by atoms with E-state index in [0.717, 1.165) is 32.3 Å². The van der Waals surface area contributed by atoms with Crippen LogP contribution in [-0.2, 0) is 4.79 Å². The first kappa shape index (κ1) is 22.3. The number of Topliss-reactive ketones (excluding diaryl/α,β-unsaturated/α-hetero) is 1. The number of thioether (sulfide) groups is 1. The third-order valence-corrected chi connectivity index (χ3v) is 7.57. The summed E-state index contributed by atoms with van der Waals surface area (Å²) in [5.74, 6) is 0.00348. The number of anilines is 1. The lowest BCUT2D eigenvalue weighted by Gasteiger charge is -2.08. The molecule has 3 aromatic heterocycles. The lowest BCUT2D eigenvalue weighted by atomic mass is 10.1. The Labute approximate surface area is 198 Å². The summed E-state index contributed by atoms with van der Waals surface area (Å²) in [6, 6.07) is 11.0. The van der Waals surface area contributed by atoms with Gasteiger partial charge >= 0.3 is 0 Å². The molecule has 0 aliphatic heterocycles. The van der Waals surface area contributed by atoms with E-state index in [1.807, 2.05) is 10.8 Å². The zero-order valence-corrected chi connectivity index (χ0v) is 20.2. The van der Waals surface area contributed by atoms with Crippen molar-refractivity contribution < 1.29 is 9.59 Å². The second-order valence-electron chi connectivity index (χ2n) is 7.13. The average molecular weight is 481 g/mol. The molecule has 0 saturated heterocycles. The van der Waals surface area contributed by atoms with Crippen molar-refractivity contribution in [2.45, 2.75) is 25.9 Å². The van der Waals surface area contributed by atoms with E-state index in [1.54, 1.807) is 46.9 Å². The fraction of sp³-hybridized carbons (Fsp3) is 0.174. The Morgan fingerprint density at radius 3 is 2.09 bits per heavy atom. The van der Waals surface area contributed by atoms with Crippen LogP contribution in [0.15, 0.2) is 52.3 Å². The largest absolute Gasteiger partial charge is 0.326 e. The predicted octanol–water partition coefficient (Wildman–Crippen LogP) is 5.88. The molecule has 0 unspecified atom stereocenters. The molecule has 0 aliphatic carbocycles. The lowest BCUT2D eigenvalue weighted by molar-refractivity contribution is -0.114. The van der Waals surface area contributed by atoms with Crippen molar-refractivity contribution >= 4 is 51.8 Å². The van der Waals surface area contributed by atoms with Gasteiger partial charge in [-0.3, -0.25) is 9.59 Å². The molecular weight excluding hydrogens is 460 g/mol. The number of nitrogens with zero attached hydrogens (tertiary/aromatic N) is 3. The van der Waals surface area contributed by atoms with Crippen LogP contribution in [0.3, 0.4) is 0 Å². The summed E-state index contributed by atoms with van der Waals surface area (Å²) in [6.45, 7) is 5.55. The zero-order chi connectivity index (χ0) is 22.7. The van der Waals surface area contributed by atoms with Crippen molar-refractivity contribution in [3.8, 4) is 21.1 Å². The number of aromatic nitrogens is 3. The van der Waals surface area contributed by atoms with Crippen molar-refractivity contribution in [1.29, 1.82) is 0 Å². The molecule has 0 fully saturated rings. The van der Waals surface area contributed by atoms with Gasteiger partial charge < -0.3 is 5.32 Å². The molecule has 0 atom stereocenters. The highest BCUT2D eigenvalue weighted by atomic mass is 32.2. The lowest BCUT2D eigenvalue weighted by Crippen LogP contribution is -2.07. The molecule has 1 aromatic carbocycles. The Morgan fingerprint density at radius 1 is 0.906 bits per heavy atom. The number of amides is 1. The van der Waals surface area contributed by atoms with Crippen molar-refractivity contribution in [2.24, 2.45) is 0 Å². The maximum absolute atomic E-state index is 12.6. The standard InChI is InChI=1S/C23H20N4O2S3/c1-13-8-10-30-21(13)19-20(22-14(2)9-11-31-22)26-27-23(25-19)32-12-18(29)16-4-6-17(7-5-16)24-15(3)28/h4-11H,12H2,1-3H3,(H,24,28). The number of rotatable bonds is 7. The topological polar surface area (TPSA) is 84.8 Å². The van der Waals surface area contributed by atoms with Gasteiger partial charge in [-0.25, -0.2) is 4.98 Å². The van der Waals surface area contributed by atoms with Crippen LogP contribution >= 0.6 is 34.4 Å². The number of carbonyl (C=O) groups excluding carboxylic acids is 2. The first-order chi connectivity index (χ1) is 15.4. The molecule has 6 nitrogen and oxygen atoms in total. The number of carbonyl (C=O) groups is 2. The zero-order valence-electron chi connectivity index (χ0n) is 17.7. The van der Waals surface area contributed by atoms with Gasteiger partial charge in [0.2, 0.25) is 11.1 Å². The monoisotopic (exact) mass is 480 g/mol. The smallest absolute Gasteiger partial charge is 0.221 e. The fourth-order valence-corrected chi connectivity index (χ4v) is 5.58. The van der Waals surface area contributed by atoms with Crippen LogP contribution in [0.5, 0.6) is 0 Å². The summed E-state index contributed by atoms with van der Waals surface area (Å²) in [4.78, 5) is 30.7. The summed E-state index contributed by atoms with van der Waals surface area (Å²) in [5.41, 5.74) is 5.07. The molecule has 1 amide bonds. The maximum Gasteiger partial charge on any atom is 0.221 e. The minimum atomic E-state index is -0.151. The molecule has 0 aliphatic rings. The highest BCUT2D eigenvalue weighted by Crippen LogP contribution is 2.38. The maximum atomic E-state index is 12.6. The van der Waals surface area contributed by atoms with Crippen LogP contribution in [0.2, 0.25) is 0 Å². The minimum Gasteiger partial charge on any atom is -0.326 e. The number of nitrogens with one attached hydrogen (secondary N) is 1. The van der Waals surface area contributed by atoms with Crippen LogP contribution in [0.1, 0.15) is 28.4 Å².